The van der Waals surface area contributed by atoms with Gasteiger partial charge in [-0.15, -0.1) is 0 Å². The van der Waals surface area contributed by atoms with Gasteiger partial charge in [0.15, 0.2) is 29.3 Å². The number of benzene rings is 1. The number of oxazole rings is 1. The third kappa shape index (κ3) is 6.87. The second kappa shape index (κ2) is 11.6. The molecule has 0 radical (unpaired) electrons. The molecular formula is C21H23NO10S2. The number of esters is 4. The van der Waals surface area contributed by atoms with E-state index in [9.17, 15) is 19.2 Å². The van der Waals surface area contributed by atoms with E-state index < -0.39 is 53.7 Å². The van der Waals surface area contributed by atoms with Gasteiger partial charge in [0.05, 0.1) is 0 Å². The van der Waals surface area contributed by atoms with Crippen LogP contribution in [0, 0.1) is 0 Å². The average Bonchev–Trinajstić information content (AvgIpc) is 3.16. The van der Waals surface area contributed by atoms with Gasteiger partial charge in [-0.3, -0.25) is 19.2 Å². The lowest BCUT2D eigenvalue weighted by Gasteiger charge is -2.43. The van der Waals surface area contributed by atoms with Gasteiger partial charge in [-0.05, 0) is 22.9 Å². The van der Waals surface area contributed by atoms with E-state index >= 15 is 0 Å². The minimum Gasteiger partial charge on any atom is -0.463 e. The summed E-state index contributed by atoms with van der Waals surface area (Å²) >= 11 is 0. The number of hydrogen-bond donors (Lipinski definition) is 0. The van der Waals surface area contributed by atoms with Gasteiger partial charge in [-0.2, -0.15) is 0 Å². The zero-order valence-corrected chi connectivity index (χ0v) is 20.4. The van der Waals surface area contributed by atoms with E-state index in [-0.39, 0.29) is 6.61 Å². The van der Waals surface area contributed by atoms with Crippen LogP contribution in [0.1, 0.15) is 27.7 Å². The lowest BCUT2D eigenvalue weighted by molar-refractivity contribution is -0.237. The third-order valence-electron chi connectivity index (χ3n) is 4.44. The highest BCUT2D eigenvalue weighted by Gasteiger charge is 2.52. The Morgan fingerprint density at radius 2 is 1.50 bits per heavy atom. The molecule has 2 aromatic rings. The van der Waals surface area contributed by atoms with Crippen LogP contribution in [0.3, 0.4) is 0 Å². The van der Waals surface area contributed by atoms with E-state index in [1.807, 2.05) is 12.1 Å². The quantitative estimate of drug-likeness (QED) is 0.290. The van der Waals surface area contributed by atoms with Crippen molar-refractivity contribution in [2.75, 3.05) is 6.61 Å². The number of rotatable bonds is 8. The molecule has 1 fully saturated rings. The van der Waals surface area contributed by atoms with E-state index in [2.05, 4.69) is 4.98 Å². The summed E-state index contributed by atoms with van der Waals surface area (Å²) in [5, 5.41) is 0.319. The zero-order chi connectivity index (χ0) is 24.8. The van der Waals surface area contributed by atoms with Crippen molar-refractivity contribution in [1.29, 1.82) is 0 Å². The van der Waals surface area contributed by atoms with E-state index in [4.69, 9.17) is 28.1 Å². The summed E-state index contributed by atoms with van der Waals surface area (Å²) in [6, 6.07) is 7.20. The molecule has 0 spiro atoms. The molecule has 1 aromatic heterocycles. The van der Waals surface area contributed by atoms with Crippen molar-refractivity contribution in [1.82, 2.24) is 4.98 Å². The molecule has 1 aliphatic heterocycles. The molecule has 1 saturated heterocycles. The smallest absolute Gasteiger partial charge is 0.303 e. The summed E-state index contributed by atoms with van der Waals surface area (Å²) in [4.78, 5) is 51.3. The Hall–Kier alpha value is -2.77. The average molecular weight is 514 g/mol. The number of para-hydroxylation sites is 2. The molecule has 1 aromatic carbocycles. The first-order valence-electron chi connectivity index (χ1n) is 10.1. The predicted octanol–water partition coefficient (Wildman–Crippen LogP) is 2.65. The molecule has 13 heteroatoms. The zero-order valence-electron chi connectivity index (χ0n) is 18.7. The van der Waals surface area contributed by atoms with Crippen molar-refractivity contribution in [2.45, 2.75) is 62.8 Å². The summed E-state index contributed by atoms with van der Waals surface area (Å²) in [6.45, 7) is 4.44. The summed E-state index contributed by atoms with van der Waals surface area (Å²) in [5.41, 5.74) is 0.319. The molecule has 3 rings (SSSR count). The third-order valence-corrected chi connectivity index (χ3v) is 6.70. The molecule has 0 N–H and O–H groups in total. The Balaban J connectivity index is 1.89. The van der Waals surface area contributed by atoms with Crippen molar-refractivity contribution in [3.05, 3.63) is 24.3 Å². The molecule has 0 bridgehead atoms. The minimum atomic E-state index is -1.22. The molecule has 1 aliphatic rings. The fourth-order valence-corrected chi connectivity index (χ4v) is 5.40. The number of carbonyl (C=O) groups is 4. The fourth-order valence-electron chi connectivity index (χ4n) is 3.24. The summed E-state index contributed by atoms with van der Waals surface area (Å²) in [6.07, 6.45) is -4.58. The predicted molar refractivity (Wildman–Crippen MR) is 119 cm³/mol. The maximum Gasteiger partial charge on any atom is 0.303 e. The Labute approximate surface area is 202 Å². The summed E-state index contributed by atoms with van der Waals surface area (Å²) < 4.78 is 33.0. The molecule has 34 heavy (non-hydrogen) atoms. The fraction of sp³-hybridized carbons (Fsp3) is 0.476. The largest absolute Gasteiger partial charge is 0.463 e. The Morgan fingerprint density at radius 1 is 0.882 bits per heavy atom. The molecule has 0 aliphatic carbocycles. The van der Waals surface area contributed by atoms with Crippen LogP contribution in [-0.2, 0) is 42.9 Å². The maximum absolute atomic E-state index is 11.9. The second-order valence-electron chi connectivity index (χ2n) is 7.19. The van der Waals surface area contributed by atoms with Crippen molar-refractivity contribution in [3.63, 3.8) is 0 Å². The number of fused-ring (bicyclic) bond motifs is 1. The van der Waals surface area contributed by atoms with Crippen molar-refractivity contribution in [2.24, 2.45) is 0 Å². The van der Waals surface area contributed by atoms with E-state index in [0.29, 0.717) is 16.3 Å². The van der Waals surface area contributed by atoms with Crippen LogP contribution in [0.2, 0.25) is 0 Å². The molecule has 5 atom stereocenters. The highest BCUT2D eigenvalue weighted by molar-refractivity contribution is 8.76. The van der Waals surface area contributed by atoms with Crippen LogP contribution in [0.5, 0.6) is 0 Å². The van der Waals surface area contributed by atoms with Crippen molar-refractivity contribution < 1.29 is 47.3 Å². The topological polar surface area (TPSA) is 140 Å². The molecule has 0 saturated carbocycles. The molecule has 0 unspecified atom stereocenters. The van der Waals surface area contributed by atoms with E-state index in [1.54, 1.807) is 12.1 Å². The van der Waals surface area contributed by atoms with Gasteiger partial charge >= 0.3 is 23.9 Å². The lowest BCUT2D eigenvalue weighted by Crippen LogP contribution is -2.61. The van der Waals surface area contributed by atoms with E-state index in [0.717, 1.165) is 21.6 Å². The Morgan fingerprint density at radius 3 is 2.12 bits per heavy atom. The van der Waals surface area contributed by atoms with Crippen molar-refractivity contribution in [3.8, 4) is 0 Å². The van der Waals surface area contributed by atoms with Crippen LogP contribution < -0.4 is 0 Å². The monoisotopic (exact) mass is 513 g/mol. The number of ether oxygens (including phenoxy) is 5. The normalized spacial score (nSPS) is 24.3. The van der Waals surface area contributed by atoms with Crippen LogP contribution in [0.4, 0.5) is 0 Å². The Bertz CT molecular complexity index is 1020. The molecule has 11 nitrogen and oxygen atoms in total. The van der Waals surface area contributed by atoms with E-state index in [1.165, 1.54) is 27.7 Å². The summed E-state index contributed by atoms with van der Waals surface area (Å²) in [7, 11) is 2.21. The van der Waals surface area contributed by atoms with Gasteiger partial charge in [0.1, 0.15) is 18.2 Å². The van der Waals surface area contributed by atoms with Crippen LogP contribution in [0.25, 0.3) is 11.1 Å². The molecule has 184 valence electrons. The number of hydrogen-bond acceptors (Lipinski definition) is 13. The second-order valence-corrected chi connectivity index (χ2v) is 9.45. The molecular weight excluding hydrogens is 490 g/mol. The standard InChI is InChI=1S/C21H23NO10S2/c1-10(23)27-9-16-17(28-11(2)24)18(29-12(3)25)19(30-13(4)26)20(31-16)33-34-21-22-14-7-5-6-8-15(14)32-21/h5-8,16-20H,9H2,1-4H3/t16-,17-,18+,19-,20+/m1/s1. The van der Waals surface area contributed by atoms with Crippen molar-refractivity contribution >= 4 is 56.6 Å². The van der Waals surface area contributed by atoms with Gasteiger partial charge in [0, 0.05) is 38.5 Å². The minimum absolute atomic E-state index is 0.289. The number of nitrogens with zero attached hydrogens (tertiary/aromatic N) is 1. The number of carbonyl (C=O) groups excluding carboxylic acids is 4. The first-order valence-corrected chi connectivity index (χ1v) is 12.3. The highest BCUT2D eigenvalue weighted by Crippen LogP contribution is 2.42. The van der Waals surface area contributed by atoms with Crippen LogP contribution >= 0.6 is 21.6 Å². The lowest BCUT2D eigenvalue weighted by atomic mass is 9.99. The van der Waals surface area contributed by atoms with Gasteiger partial charge in [-0.1, -0.05) is 12.1 Å². The van der Waals surface area contributed by atoms with Gasteiger partial charge in [0.2, 0.25) is 0 Å². The SMILES string of the molecule is CC(=O)OC[C@H]1O[C@@H](SSc2nc3ccccc3o2)[C@H](OC(C)=O)[C@@H](OC(C)=O)[C@@H]1OC(C)=O. The van der Waals surface area contributed by atoms with Gasteiger partial charge < -0.3 is 28.1 Å². The first kappa shape index (κ1) is 25.8. The maximum atomic E-state index is 11.9. The van der Waals surface area contributed by atoms with Gasteiger partial charge in [0.25, 0.3) is 5.22 Å². The number of aromatic nitrogens is 1. The molecule has 0 amide bonds. The molecule has 2 heterocycles. The summed E-state index contributed by atoms with van der Waals surface area (Å²) in [5.74, 6) is -2.63. The van der Waals surface area contributed by atoms with Crippen LogP contribution in [0.15, 0.2) is 33.9 Å². The highest BCUT2D eigenvalue weighted by atomic mass is 33.1. The first-order chi connectivity index (χ1) is 16.1. The van der Waals surface area contributed by atoms with Gasteiger partial charge in [-0.25, -0.2) is 4.98 Å². The van der Waals surface area contributed by atoms with Crippen LogP contribution in [-0.4, -0.2) is 65.3 Å². The Kier molecular flexibility index (Phi) is 8.80.